The Morgan fingerprint density at radius 2 is 1.74 bits per heavy atom. The van der Waals surface area contributed by atoms with Crippen molar-refractivity contribution < 1.29 is 28.8 Å². The van der Waals surface area contributed by atoms with Crippen molar-refractivity contribution in [3.63, 3.8) is 0 Å². The van der Waals surface area contributed by atoms with Gasteiger partial charge in [-0.25, -0.2) is 9.79 Å². The lowest BCUT2D eigenvalue weighted by atomic mass is 9.95. The van der Waals surface area contributed by atoms with E-state index < -0.39 is 12.0 Å². The number of esters is 1. The lowest BCUT2D eigenvalue weighted by Crippen LogP contribution is -2.40. The van der Waals surface area contributed by atoms with Crippen molar-refractivity contribution in [1.82, 2.24) is 4.57 Å². The molecule has 1 atom stereocenters. The van der Waals surface area contributed by atoms with E-state index in [1.54, 1.807) is 45.0 Å². The fraction of sp³-hybridized carbons (Fsp3) is 0.296. The van der Waals surface area contributed by atoms with Gasteiger partial charge in [0, 0.05) is 10.0 Å². The fourth-order valence-corrected chi connectivity index (χ4v) is 5.65. The first-order chi connectivity index (χ1) is 18.1. The molecule has 2 aromatic carbocycles. The van der Waals surface area contributed by atoms with Crippen LogP contribution in [0.15, 0.2) is 55.9 Å². The van der Waals surface area contributed by atoms with Crippen molar-refractivity contribution in [2.75, 3.05) is 21.3 Å². The van der Waals surface area contributed by atoms with Gasteiger partial charge in [0.15, 0.2) is 16.3 Å². The van der Waals surface area contributed by atoms with Gasteiger partial charge in [-0.1, -0.05) is 27.3 Å². The molecule has 0 saturated carbocycles. The second-order valence-electron chi connectivity index (χ2n) is 8.70. The highest BCUT2D eigenvalue weighted by Gasteiger charge is 2.35. The summed E-state index contributed by atoms with van der Waals surface area (Å²) in [5.74, 6) is 0.213. The SMILES string of the molecule is COc1ccc(Br)cc1[C@H]1C(C(=O)OC(C)C)=C(C)N=c2s/c(=C\c3cc(OC)c(O)c(OC)c3)c(=O)n21. The number of aromatic hydroxyl groups is 1. The number of halogens is 1. The second kappa shape index (κ2) is 11.0. The Hall–Kier alpha value is -3.57. The molecule has 1 aliphatic heterocycles. The summed E-state index contributed by atoms with van der Waals surface area (Å²) in [5, 5.41) is 10.3. The number of allylic oxidation sites excluding steroid dienone is 1. The largest absolute Gasteiger partial charge is 0.502 e. The first-order valence-corrected chi connectivity index (χ1v) is 13.2. The van der Waals surface area contributed by atoms with E-state index in [0.29, 0.717) is 31.9 Å². The van der Waals surface area contributed by atoms with Gasteiger partial charge in [0.25, 0.3) is 5.56 Å². The van der Waals surface area contributed by atoms with Gasteiger partial charge in [-0.05, 0) is 62.7 Å². The molecule has 1 N–H and O–H groups in total. The highest BCUT2D eigenvalue weighted by atomic mass is 79.9. The van der Waals surface area contributed by atoms with Gasteiger partial charge in [0.2, 0.25) is 5.75 Å². The Bertz CT molecular complexity index is 1600. The number of thiazole rings is 1. The van der Waals surface area contributed by atoms with Crippen LogP contribution in [0.3, 0.4) is 0 Å². The molecule has 1 aliphatic rings. The van der Waals surface area contributed by atoms with Crippen LogP contribution in [0.2, 0.25) is 0 Å². The van der Waals surface area contributed by atoms with Gasteiger partial charge in [0.1, 0.15) is 11.8 Å². The molecule has 2 heterocycles. The maximum Gasteiger partial charge on any atom is 0.338 e. The molecule has 0 radical (unpaired) electrons. The first-order valence-electron chi connectivity index (χ1n) is 11.6. The predicted octanol–water partition coefficient (Wildman–Crippen LogP) is 3.68. The van der Waals surface area contributed by atoms with Crippen LogP contribution in [-0.4, -0.2) is 43.1 Å². The van der Waals surface area contributed by atoms with Gasteiger partial charge in [0.05, 0.1) is 43.2 Å². The van der Waals surface area contributed by atoms with Crippen LogP contribution < -0.4 is 29.1 Å². The minimum Gasteiger partial charge on any atom is -0.502 e. The Morgan fingerprint density at radius 1 is 1.11 bits per heavy atom. The van der Waals surface area contributed by atoms with E-state index in [1.165, 1.54) is 37.2 Å². The molecule has 0 unspecified atom stereocenters. The van der Waals surface area contributed by atoms with Crippen molar-refractivity contribution in [3.05, 3.63) is 76.9 Å². The van der Waals surface area contributed by atoms with E-state index in [0.717, 1.165) is 4.47 Å². The zero-order valence-corrected chi connectivity index (χ0v) is 24.1. The number of fused-ring (bicyclic) bond motifs is 1. The molecule has 3 aromatic rings. The van der Waals surface area contributed by atoms with Crippen LogP contribution in [0.5, 0.6) is 23.0 Å². The molecule has 1 aromatic heterocycles. The molecule has 0 aliphatic carbocycles. The zero-order chi connectivity index (χ0) is 27.7. The minimum absolute atomic E-state index is 0.140. The van der Waals surface area contributed by atoms with Gasteiger partial charge in [-0.2, -0.15) is 0 Å². The van der Waals surface area contributed by atoms with E-state index in [2.05, 4.69) is 20.9 Å². The maximum atomic E-state index is 13.9. The molecule has 4 rings (SSSR count). The van der Waals surface area contributed by atoms with Crippen molar-refractivity contribution in [1.29, 1.82) is 0 Å². The molecular weight excluding hydrogens is 576 g/mol. The third kappa shape index (κ3) is 5.08. The van der Waals surface area contributed by atoms with E-state index >= 15 is 0 Å². The lowest BCUT2D eigenvalue weighted by Gasteiger charge is -2.26. The summed E-state index contributed by atoms with van der Waals surface area (Å²) in [4.78, 5) is 32.3. The number of aromatic nitrogens is 1. The quantitative estimate of drug-likeness (QED) is 0.411. The molecule has 0 fully saturated rings. The van der Waals surface area contributed by atoms with E-state index in [-0.39, 0.29) is 34.5 Å². The van der Waals surface area contributed by atoms with Gasteiger partial charge in [-0.15, -0.1) is 0 Å². The normalized spacial score (nSPS) is 15.3. The van der Waals surface area contributed by atoms with Crippen LogP contribution in [-0.2, 0) is 9.53 Å². The minimum atomic E-state index is -0.837. The topological polar surface area (TPSA) is 109 Å². The number of nitrogens with zero attached hydrogens (tertiary/aromatic N) is 2. The van der Waals surface area contributed by atoms with E-state index in [1.807, 2.05) is 12.1 Å². The number of rotatable bonds is 7. The van der Waals surface area contributed by atoms with E-state index in [9.17, 15) is 14.7 Å². The molecule has 0 saturated heterocycles. The third-order valence-corrected chi connectivity index (χ3v) is 7.35. The van der Waals surface area contributed by atoms with Crippen LogP contribution in [0.25, 0.3) is 6.08 Å². The number of hydrogen-bond donors (Lipinski definition) is 1. The number of methoxy groups -OCH3 is 3. The molecule has 0 bridgehead atoms. The summed E-state index contributed by atoms with van der Waals surface area (Å²) in [5.41, 5.74) is 1.53. The third-order valence-electron chi connectivity index (χ3n) is 5.87. The molecule has 200 valence electrons. The smallest absolute Gasteiger partial charge is 0.338 e. The Kier molecular flexibility index (Phi) is 7.98. The Morgan fingerprint density at radius 3 is 2.32 bits per heavy atom. The maximum absolute atomic E-state index is 13.9. The number of phenolic OH excluding ortho intramolecular Hbond substituents is 1. The highest BCUT2D eigenvalue weighted by molar-refractivity contribution is 9.10. The summed E-state index contributed by atoms with van der Waals surface area (Å²) in [6.07, 6.45) is 1.30. The fourth-order valence-electron chi connectivity index (χ4n) is 4.22. The molecule has 0 amide bonds. The van der Waals surface area contributed by atoms with Crippen molar-refractivity contribution >= 4 is 39.3 Å². The van der Waals surface area contributed by atoms with Crippen molar-refractivity contribution in [3.8, 4) is 23.0 Å². The number of ether oxygens (including phenoxy) is 4. The summed E-state index contributed by atoms with van der Waals surface area (Å²) >= 11 is 4.68. The van der Waals surface area contributed by atoms with Crippen molar-refractivity contribution in [2.24, 2.45) is 4.99 Å². The standard InChI is InChI=1S/C27H27BrN2O7S/c1-13(2)37-26(33)22-14(3)29-27-30(23(22)17-12-16(28)7-8-18(17)34-4)25(32)21(38-27)11-15-9-19(35-5)24(31)20(10-15)36-6/h7-13,23,31H,1-6H3/b21-11-/t23-/m0/s1. The van der Waals surface area contributed by atoms with Crippen LogP contribution >= 0.6 is 27.3 Å². The highest BCUT2D eigenvalue weighted by Crippen LogP contribution is 2.38. The molecule has 9 nitrogen and oxygen atoms in total. The van der Waals surface area contributed by atoms with Gasteiger partial charge < -0.3 is 24.1 Å². The number of phenols is 1. The lowest BCUT2D eigenvalue weighted by molar-refractivity contribution is -0.143. The van der Waals surface area contributed by atoms with E-state index in [4.69, 9.17) is 18.9 Å². The number of benzene rings is 2. The zero-order valence-electron chi connectivity index (χ0n) is 21.7. The summed E-state index contributed by atoms with van der Waals surface area (Å²) in [6.45, 7) is 5.25. The first kappa shape index (κ1) is 27.5. The van der Waals surface area contributed by atoms with Crippen LogP contribution in [0.4, 0.5) is 0 Å². The Balaban J connectivity index is 2.00. The van der Waals surface area contributed by atoms with Gasteiger partial charge in [-0.3, -0.25) is 9.36 Å². The number of carbonyl (C=O) groups excluding carboxylic acids is 1. The summed E-state index contributed by atoms with van der Waals surface area (Å²) in [7, 11) is 4.39. The average molecular weight is 603 g/mol. The number of hydrogen-bond acceptors (Lipinski definition) is 9. The van der Waals surface area contributed by atoms with Crippen LogP contribution in [0, 0.1) is 0 Å². The molecule has 11 heteroatoms. The van der Waals surface area contributed by atoms with Gasteiger partial charge >= 0.3 is 5.97 Å². The van der Waals surface area contributed by atoms with Crippen LogP contribution in [0.1, 0.15) is 37.9 Å². The molecular formula is C27H27BrN2O7S. The second-order valence-corrected chi connectivity index (χ2v) is 10.6. The van der Waals surface area contributed by atoms with Crippen molar-refractivity contribution in [2.45, 2.75) is 32.9 Å². The predicted molar refractivity (Wildman–Crippen MR) is 147 cm³/mol. The number of carbonyl (C=O) groups is 1. The summed E-state index contributed by atoms with van der Waals surface area (Å²) in [6, 6.07) is 7.77. The molecule has 38 heavy (non-hydrogen) atoms. The Labute approximate surface area is 231 Å². The average Bonchev–Trinajstić information content (AvgIpc) is 3.17. The monoisotopic (exact) mass is 602 g/mol. The summed E-state index contributed by atoms with van der Waals surface area (Å²) < 4.78 is 24.3. The molecule has 0 spiro atoms.